The Labute approximate surface area is 126 Å². The summed E-state index contributed by atoms with van der Waals surface area (Å²) in [6.07, 6.45) is 3.86. The molecule has 2 aromatic rings. The van der Waals surface area contributed by atoms with Crippen LogP contribution in [0.25, 0.3) is 11.0 Å². The summed E-state index contributed by atoms with van der Waals surface area (Å²) >= 11 is 6.17. The van der Waals surface area contributed by atoms with Crippen LogP contribution in [0.1, 0.15) is 50.5 Å². The van der Waals surface area contributed by atoms with E-state index in [1.807, 2.05) is 0 Å². The van der Waals surface area contributed by atoms with Crippen molar-refractivity contribution in [1.82, 2.24) is 9.55 Å². The molecule has 1 heterocycles. The first-order valence-corrected chi connectivity index (χ1v) is 8.23. The summed E-state index contributed by atoms with van der Waals surface area (Å²) in [4.78, 5) is 4.75. The second-order valence-corrected chi connectivity index (χ2v) is 6.41. The van der Waals surface area contributed by atoms with E-state index in [-0.39, 0.29) is 0 Å². The number of benzene rings is 1. The van der Waals surface area contributed by atoms with Crippen LogP contribution in [0.2, 0.25) is 0 Å². The van der Waals surface area contributed by atoms with Crippen LogP contribution in [0.5, 0.6) is 0 Å². The van der Waals surface area contributed by atoms with Gasteiger partial charge in [-0.3, -0.25) is 0 Å². The molecule has 1 fully saturated rings. The predicted octanol–water partition coefficient (Wildman–Crippen LogP) is 5.08. The fourth-order valence-corrected chi connectivity index (χ4v) is 4.17. The largest absolute Gasteiger partial charge is 0.323 e. The van der Waals surface area contributed by atoms with Crippen LogP contribution in [-0.4, -0.2) is 9.55 Å². The van der Waals surface area contributed by atoms with Gasteiger partial charge in [-0.2, -0.15) is 0 Å². The first kappa shape index (κ1) is 13.9. The van der Waals surface area contributed by atoms with Crippen LogP contribution in [-0.2, 0) is 5.88 Å². The molecule has 1 aliphatic rings. The number of aryl methyl sites for hydroxylation is 1. The molecule has 0 radical (unpaired) electrons. The van der Waals surface area contributed by atoms with E-state index >= 15 is 0 Å². The van der Waals surface area contributed by atoms with E-state index in [1.54, 1.807) is 0 Å². The van der Waals surface area contributed by atoms with Crippen molar-refractivity contribution in [1.29, 1.82) is 0 Å². The third-order valence-electron chi connectivity index (χ3n) is 5.14. The zero-order valence-electron chi connectivity index (χ0n) is 12.6. The molecule has 1 aromatic heterocycles. The molecule has 1 saturated carbocycles. The summed E-state index contributed by atoms with van der Waals surface area (Å²) < 4.78 is 2.44. The molecular weight excluding hydrogens is 268 g/mol. The SMILES string of the molecule is CCC1CCC(n2c(CCl)nc3cccc(C)c32)C1C. The van der Waals surface area contributed by atoms with Crippen molar-refractivity contribution in [2.75, 3.05) is 0 Å². The Morgan fingerprint density at radius 3 is 2.80 bits per heavy atom. The van der Waals surface area contributed by atoms with Crippen LogP contribution in [0.4, 0.5) is 0 Å². The molecule has 1 aliphatic carbocycles. The molecule has 2 nitrogen and oxygen atoms in total. The minimum absolute atomic E-state index is 0.494. The lowest BCUT2D eigenvalue weighted by molar-refractivity contribution is 0.330. The van der Waals surface area contributed by atoms with Gasteiger partial charge in [0.05, 0.1) is 16.9 Å². The highest BCUT2D eigenvalue weighted by Gasteiger charge is 2.34. The van der Waals surface area contributed by atoms with Gasteiger partial charge in [0.25, 0.3) is 0 Å². The number of halogens is 1. The van der Waals surface area contributed by atoms with Crippen LogP contribution < -0.4 is 0 Å². The van der Waals surface area contributed by atoms with Gasteiger partial charge in [-0.1, -0.05) is 32.4 Å². The lowest BCUT2D eigenvalue weighted by Gasteiger charge is -2.24. The zero-order valence-corrected chi connectivity index (χ0v) is 13.3. The van der Waals surface area contributed by atoms with E-state index < -0.39 is 0 Å². The zero-order chi connectivity index (χ0) is 14.3. The van der Waals surface area contributed by atoms with Crippen molar-refractivity contribution in [3.8, 4) is 0 Å². The molecule has 0 aliphatic heterocycles. The third kappa shape index (κ3) is 2.05. The second-order valence-electron chi connectivity index (χ2n) is 6.15. The number of alkyl halides is 1. The average Bonchev–Trinajstić information content (AvgIpc) is 2.99. The Balaban J connectivity index is 2.15. The van der Waals surface area contributed by atoms with Crippen LogP contribution in [0, 0.1) is 18.8 Å². The maximum absolute atomic E-state index is 6.17. The van der Waals surface area contributed by atoms with Gasteiger partial charge in [0, 0.05) is 6.04 Å². The molecule has 3 unspecified atom stereocenters. The molecule has 3 atom stereocenters. The van der Waals surface area contributed by atoms with Gasteiger partial charge in [-0.25, -0.2) is 4.98 Å². The van der Waals surface area contributed by atoms with Crippen molar-refractivity contribution in [2.45, 2.75) is 52.0 Å². The van der Waals surface area contributed by atoms with Crippen LogP contribution in [0.15, 0.2) is 18.2 Å². The normalized spacial score (nSPS) is 26.5. The first-order chi connectivity index (χ1) is 9.67. The summed E-state index contributed by atoms with van der Waals surface area (Å²) in [5.41, 5.74) is 3.68. The molecule has 108 valence electrons. The molecular formula is C17H23ClN2. The smallest absolute Gasteiger partial charge is 0.125 e. The van der Waals surface area contributed by atoms with E-state index in [1.165, 1.54) is 30.3 Å². The molecule has 20 heavy (non-hydrogen) atoms. The highest BCUT2D eigenvalue weighted by molar-refractivity contribution is 6.16. The fraction of sp³-hybridized carbons (Fsp3) is 0.588. The van der Waals surface area contributed by atoms with Crippen molar-refractivity contribution < 1.29 is 0 Å². The Bertz CT molecular complexity index is 617. The monoisotopic (exact) mass is 290 g/mol. The van der Waals surface area contributed by atoms with E-state index in [0.29, 0.717) is 17.8 Å². The third-order valence-corrected chi connectivity index (χ3v) is 5.38. The molecule has 3 heteroatoms. The standard InChI is InChI=1S/C17H23ClN2/c1-4-13-8-9-15(12(13)3)20-16(10-18)19-14-7-5-6-11(2)17(14)20/h5-7,12-13,15H,4,8-10H2,1-3H3. The van der Waals surface area contributed by atoms with Gasteiger partial charge >= 0.3 is 0 Å². The molecule has 0 bridgehead atoms. The van der Waals surface area contributed by atoms with E-state index in [0.717, 1.165) is 17.3 Å². The average molecular weight is 291 g/mol. The van der Waals surface area contributed by atoms with Crippen molar-refractivity contribution in [3.05, 3.63) is 29.6 Å². The maximum atomic E-state index is 6.17. The number of hydrogen-bond acceptors (Lipinski definition) is 1. The highest BCUT2D eigenvalue weighted by atomic mass is 35.5. The summed E-state index contributed by atoms with van der Waals surface area (Å²) in [5, 5.41) is 0. The summed E-state index contributed by atoms with van der Waals surface area (Å²) in [6, 6.07) is 6.92. The van der Waals surface area contributed by atoms with Crippen LogP contribution in [0.3, 0.4) is 0 Å². The number of imidazole rings is 1. The van der Waals surface area contributed by atoms with E-state index in [4.69, 9.17) is 16.6 Å². The first-order valence-electron chi connectivity index (χ1n) is 7.69. The van der Waals surface area contributed by atoms with E-state index in [9.17, 15) is 0 Å². The van der Waals surface area contributed by atoms with Gasteiger partial charge in [-0.05, 0) is 43.2 Å². The molecule has 0 saturated heterocycles. The van der Waals surface area contributed by atoms with E-state index in [2.05, 4.69) is 43.5 Å². The topological polar surface area (TPSA) is 17.8 Å². The van der Waals surface area contributed by atoms with Crippen molar-refractivity contribution >= 4 is 22.6 Å². The minimum atomic E-state index is 0.494. The lowest BCUT2D eigenvalue weighted by Crippen LogP contribution is -2.17. The quantitative estimate of drug-likeness (QED) is 0.721. The maximum Gasteiger partial charge on any atom is 0.125 e. The minimum Gasteiger partial charge on any atom is -0.323 e. The van der Waals surface area contributed by atoms with Gasteiger partial charge in [0.1, 0.15) is 5.82 Å². The molecule has 1 aromatic carbocycles. The molecule has 0 spiro atoms. The number of rotatable bonds is 3. The van der Waals surface area contributed by atoms with Crippen molar-refractivity contribution in [3.63, 3.8) is 0 Å². The Morgan fingerprint density at radius 1 is 1.35 bits per heavy atom. The summed E-state index contributed by atoms with van der Waals surface area (Å²) in [5.74, 6) is 3.07. The predicted molar refractivity (Wildman–Crippen MR) is 85.2 cm³/mol. The number of fused-ring (bicyclic) bond motifs is 1. The number of nitrogens with zero attached hydrogens (tertiary/aromatic N) is 2. The van der Waals surface area contributed by atoms with Gasteiger partial charge in [-0.15, -0.1) is 11.6 Å². The lowest BCUT2D eigenvalue weighted by atomic mass is 9.93. The Hall–Kier alpha value is -1.02. The Morgan fingerprint density at radius 2 is 2.15 bits per heavy atom. The Kier molecular flexibility index (Phi) is 3.76. The van der Waals surface area contributed by atoms with Gasteiger partial charge in [0.15, 0.2) is 0 Å². The summed E-state index contributed by atoms with van der Waals surface area (Å²) in [7, 11) is 0. The van der Waals surface area contributed by atoms with Crippen molar-refractivity contribution in [2.24, 2.45) is 11.8 Å². The summed E-state index contributed by atoms with van der Waals surface area (Å²) in [6.45, 7) is 6.88. The number of aromatic nitrogens is 2. The molecule has 0 N–H and O–H groups in total. The van der Waals surface area contributed by atoms with Crippen LogP contribution >= 0.6 is 11.6 Å². The molecule has 3 rings (SSSR count). The number of para-hydroxylation sites is 1. The number of hydrogen-bond donors (Lipinski definition) is 0. The fourth-order valence-electron chi connectivity index (χ4n) is 3.99. The van der Waals surface area contributed by atoms with Gasteiger partial charge in [0.2, 0.25) is 0 Å². The molecule has 0 amide bonds. The highest BCUT2D eigenvalue weighted by Crippen LogP contribution is 2.44. The second kappa shape index (κ2) is 5.40. The van der Waals surface area contributed by atoms with Gasteiger partial charge < -0.3 is 4.57 Å².